The first-order valence-electron chi connectivity index (χ1n) is 7.01. The van der Waals surface area contributed by atoms with Gasteiger partial charge in [-0.3, -0.25) is 20.0 Å². The Hall–Kier alpha value is -2.69. The van der Waals surface area contributed by atoms with Crippen molar-refractivity contribution in [1.82, 2.24) is 15.4 Å². The molecule has 5 nitrogen and oxygen atoms in total. The first kappa shape index (κ1) is 15.7. The molecule has 2 aromatic rings. The number of hydrazine groups is 1. The molecule has 0 fully saturated rings. The lowest BCUT2D eigenvalue weighted by Crippen LogP contribution is -2.56. The van der Waals surface area contributed by atoms with E-state index >= 15 is 0 Å². The summed E-state index contributed by atoms with van der Waals surface area (Å²) in [5.74, 6) is -0.683. The zero-order chi connectivity index (χ0) is 16.2. The van der Waals surface area contributed by atoms with Crippen LogP contribution in [0, 0.1) is 0 Å². The molecule has 22 heavy (non-hydrogen) atoms. The highest BCUT2D eigenvalue weighted by Crippen LogP contribution is 2.15. The van der Waals surface area contributed by atoms with Gasteiger partial charge in [0.25, 0.3) is 11.8 Å². The number of hydrogen-bond donors (Lipinski definition) is 1. The normalized spacial score (nSPS) is 10.9. The topological polar surface area (TPSA) is 62.3 Å². The summed E-state index contributed by atoms with van der Waals surface area (Å²) in [6, 6.07) is 13.9. The van der Waals surface area contributed by atoms with Crippen LogP contribution < -0.4 is 5.43 Å². The van der Waals surface area contributed by atoms with Crippen LogP contribution in [0.1, 0.15) is 41.6 Å². The summed E-state index contributed by atoms with van der Waals surface area (Å²) < 4.78 is 0. The zero-order valence-corrected chi connectivity index (χ0v) is 12.9. The molecule has 1 aromatic heterocycles. The van der Waals surface area contributed by atoms with Crippen LogP contribution in [0.15, 0.2) is 54.7 Å². The van der Waals surface area contributed by atoms with Crippen molar-refractivity contribution in [2.45, 2.75) is 26.3 Å². The first-order chi connectivity index (χ1) is 10.4. The Labute approximate surface area is 130 Å². The minimum Gasteiger partial charge on any atom is -0.267 e. The van der Waals surface area contributed by atoms with Crippen molar-refractivity contribution in [2.24, 2.45) is 0 Å². The molecule has 0 aliphatic heterocycles. The molecule has 0 saturated carbocycles. The molecule has 0 aliphatic carbocycles. The van der Waals surface area contributed by atoms with Crippen molar-refractivity contribution in [2.75, 3.05) is 0 Å². The van der Waals surface area contributed by atoms with Gasteiger partial charge in [0, 0.05) is 11.8 Å². The largest absolute Gasteiger partial charge is 0.288 e. The lowest BCUT2D eigenvalue weighted by molar-refractivity contribution is 0.0357. The molecule has 114 valence electrons. The molecule has 2 rings (SSSR count). The van der Waals surface area contributed by atoms with E-state index in [0.717, 1.165) is 0 Å². The maximum absolute atomic E-state index is 12.6. The van der Waals surface area contributed by atoms with E-state index in [1.165, 1.54) is 11.2 Å². The number of rotatable bonds is 2. The predicted molar refractivity (Wildman–Crippen MR) is 84.1 cm³/mol. The summed E-state index contributed by atoms with van der Waals surface area (Å²) in [6.45, 7) is 5.56. The van der Waals surface area contributed by atoms with Gasteiger partial charge in [-0.25, -0.2) is 5.01 Å². The molecule has 0 aliphatic rings. The van der Waals surface area contributed by atoms with Gasteiger partial charge in [0.05, 0.1) is 5.54 Å². The minimum absolute atomic E-state index is 0.262. The highest BCUT2D eigenvalue weighted by atomic mass is 16.2. The number of pyridine rings is 1. The Morgan fingerprint density at radius 1 is 1.00 bits per heavy atom. The van der Waals surface area contributed by atoms with Crippen molar-refractivity contribution in [1.29, 1.82) is 0 Å². The van der Waals surface area contributed by atoms with Gasteiger partial charge in [0.1, 0.15) is 5.69 Å². The molecule has 1 N–H and O–H groups in total. The summed E-state index contributed by atoms with van der Waals surface area (Å²) in [4.78, 5) is 28.9. The van der Waals surface area contributed by atoms with E-state index < -0.39 is 11.4 Å². The lowest BCUT2D eigenvalue weighted by atomic mass is 10.1. The van der Waals surface area contributed by atoms with Crippen LogP contribution in [-0.2, 0) is 0 Å². The molecule has 0 radical (unpaired) electrons. The fourth-order valence-electron chi connectivity index (χ4n) is 1.89. The van der Waals surface area contributed by atoms with Crippen LogP contribution in [0.4, 0.5) is 0 Å². The second-order valence-corrected chi connectivity index (χ2v) is 5.83. The van der Waals surface area contributed by atoms with Crippen molar-refractivity contribution >= 4 is 11.8 Å². The Kier molecular flexibility index (Phi) is 4.56. The molecule has 2 amide bonds. The van der Waals surface area contributed by atoms with E-state index in [1.54, 1.807) is 42.5 Å². The van der Waals surface area contributed by atoms with Crippen LogP contribution >= 0.6 is 0 Å². The summed E-state index contributed by atoms with van der Waals surface area (Å²) in [5, 5.41) is 1.33. The van der Waals surface area contributed by atoms with E-state index in [0.29, 0.717) is 5.56 Å². The van der Waals surface area contributed by atoms with Crippen molar-refractivity contribution in [3.05, 3.63) is 66.0 Å². The molecule has 1 heterocycles. The fourth-order valence-corrected chi connectivity index (χ4v) is 1.89. The van der Waals surface area contributed by atoms with Crippen LogP contribution in [0.2, 0.25) is 0 Å². The van der Waals surface area contributed by atoms with Crippen LogP contribution in [0.5, 0.6) is 0 Å². The van der Waals surface area contributed by atoms with Gasteiger partial charge in [0.2, 0.25) is 0 Å². The van der Waals surface area contributed by atoms with Crippen molar-refractivity contribution in [3.63, 3.8) is 0 Å². The number of carbonyl (C=O) groups excluding carboxylic acids is 2. The van der Waals surface area contributed by atoms with Crippen LogP contribution in [0.25, 0.3) is 0 Å². The third-order valence-corrected chi connectivity index (χ3v) is 3.01. The van der Waals surface area contributed by atoms with E-state index in [4.69, 9.17) is 0 Å². The predicted octanol–water partition coefficient (Wildman–Crippen LogP) is 2.67. The zero-order valence-electron chi connectivity index (χ0n) is 12.9. The van der Waals surface area contributed by atoms with Crippen LogP contribution in [-0.4, -0.2) is 27.3 Å². The third-order valence-electron chi connectivity index (χ3n) is 3.01. The van der Waals surface area contributed by atoms with Crippen molar-refractivity contribution < 1.29 is 9.59 Å². The number of carbonyl (C=O) groups is 2. The van der Waals surface area contributed by atoms with Gasteiger partial charge in [-0.2, -0.15) is 0 Å². The average Bonchev–Trinajstić information content (AvgIpc) is 2.52. The number of hydrogen-bond acceptors (Lipinski definition) is 3. The van der Waals surface area contributed by atoms with E-state index in [-0.39, 0.29) is 11.6 Å². The van der Waals surface area contributed by atoms with Gasteiger partial charge in [0.15, 0.2) is 0 Å². The standard InChI is InChI=1S/C17H19N3O2/c1-17(2,3)20(16(22)13-9-5-4-6-10-13)19-15(21)14-11-7-8-12-18-14/h4-12H,1-3H3,(H,19,21). The van der Waals surface area contributed by atoms with Gasteiger partial charge >= 0.3 is 0 Å². The number of benzene rings is 1. The minimum atomic E-state index is -0.572. The Balaban J connectivity index is 2.25. The number of nitrogens with one attached hydrogen (secondary N) is 1. The average molecular weight is 297 g/mol. The summed E-state index contributed by atoms with van der Waals surface area (Å²) in [7, 11) is 0. The molecule has 0 atom stereocenters. The van der Waals surface area contributed by atoms with Gasteiger partial charge in [-0.15, -0.1) is 0 Å². The van der Waals surface area contributed by atoms with Crippen molar-refractivity contribution in [3.8, 4) is 0 Å². The van der Waals surface area contributed by atoms with Crippen LogP contribution in [0.3, 0.4) is 0 Å². The quantitative estimate of drug-likeness (QED) is 0.867. The smallest absolute Gasteiger partial charge is 0.267 e. The second kappa shape index (κ2) is 6.39. The molecule has 0 spiro atoms. The Morgan fingerprint density at radius 2 is 1.64 bits per heavy atom. The Bertz CT molecular complexity index is 649. The summed E-state index contributed by atoms with van der Waals surface area (Å²) >= 11 is 0. The second-order valence-electron chi connectivity index (χ2n) is 5.83. The molecule has 1 aromatic carbocycles. The van der Waals surface area contributed by atoms with Gasteiger partial charge in [-0.05, 0) is 45.0 Å². The monoisotopic (exact) mass is 297 g/mol. The highest BCUT2D eigenvalue weighted by molar-refractivity contribution is 5.98. The maximum atomic E-state index is 12.6. The highest BCUT2D eigenvalue weighted by Gasteiger charge is 2.29. The lowest BCUT2D eigenvalue weighted by Gasteiger charge is -2.35. The first-order valence-corrected chi connectivity index (χ1v) is 7.01. The van der Waals surface area contributed by atoms with E-state index in [9.17, 15) is 9.59 Å². The number of aromatic nitrogens is 1. The van der Waals surface area contributed by atoms with Gasteiger partial charge < -0.3 is 0 Å². The molecule has 0 bridgehead atoms. The molecule has 0 unspecified atom stereocenters. The molecule has 0 saturated heterocycles. The van der Waals surface area contributed by atoms with E-state index in [1.807, 2.05) is 26.8 Å². The molecular formula is C17H19N3O2. The Morgan fingerprint density at radius 3 is 2.18 bits per heavy atom. The summed E-state index contributed by atoms with van der Waals surface area (Å²) in [6.07, 6.45) is 1.54. The molecular weight excluding hydrogens is 278 g/mol. The number of amides is 2. The van der Waals surface area contributed by atoms with Gasteiger partial charge in [-0.1, -0.05) is 24.3 Å². The van der Waals surface area contributed by atoms with E-state index in [2.05, 4.69) is 10.4 Å². The third kappa shape index (κ3) is 3.69. The maximum Gasteiger partial charge on any atom is 0.288 e. The summed E-state index contributed by atoms with van der Waals surface area (Å²) in [5.41, 5.74) is 2.86. The fraction of sp³-hybridized carbons (Fsp3) is 0.235. The number of nitrogens with zero attached hydrogens (tertiary/aromatic N) is 2. The SMILES string of the molecule is CC(C)(C)N(NC(=O)c1ccccn1)C(=O)c1ccccc1. The molecule has 5 heteroatoms.